The van der Waals surface area contributed by atoms with Gasteiger partial charge >= 0.3 is 41.8 Å². The summed E-state index contributed by atoms with van der Waals surface area (Å²) in [4.78, 5) is 85.0. The molecule has 7 unspecified atom stereocenters. The number of unbranched alkanes of at least 4 members (excludes halogenated alkanes) is 1. The van der Waals surface area contributed by atoms with E-state index in [0.717, 1.165) is 73.5 Å². The summed E-state index contributed by atoms with van der Waals surface area (Å²) in [7, 11) is 0. The number of hydrogen-bond acceptors (Lipinski definition) is 16. The third kappa shape index (κ3) is 27.9. The highest BCUT2D eigenvalue weighted by Gasteiger charge is 2.17. The van der Waals surface area contributed by atoms with Gasteiger partial charge in [0.2, 0.25) is 0 Å². The van der Waals surface area contributed by atoms with Gasteiger partial charge in [-0.05, 0) is 91.4 Å². The molecule has 0 spiro atoms. The Morgan fingerprint density at radius 3 is 1.35 bits per heavy atom. The van der Waals surface area contributed by atoms with Gasteiger partial charge in [0.25, 0.3) is 0 Å². The number of anilines is 1. The standard InChI is InChI=1S/C13H13NO2.2C11H12N2O2.C9H11NO2.C6H9N3O2.C6H14N2O2.C3H7NO2/c1-9(13(15)16)14-12-7-6-10-4-2-3-5-11(10)8-12;2*12-9(11(14)15)5-7-6-13-10-4-2-1-3-8(7)10;10-8(9(11)12)6-7-4-2-1-3-5-7;7-5(6(10)11)1-4-2-8-3-9-4;7-4-2-1-3-5(8)6(9)10;1-2(4)3(5)6/h2-9,14H,1H3,(H,15,16);2*1-4,6,9,13H,5,12H2,(H,14,15);1-5,8H,6,10H2,(H,11,12);2-3,5H,1,7H2,(H,8,9)(H,10,11);5H,1-4,7-8H2,(H,9,10);2H,4H2,1H3,(H,5,6). The Balaban J connectivity index is 0.000000344. The zero-order valence-corrected chi connectivity index (χ0v) is 47.0. The fourth-order valence-electron chi connectivity index (χ4n) is 7.15. The Bertz CT molecular complexity index is 3210. The van der Waals surface area contributed by atoms with Crippen LogP contribution in [0.3, 0.4) is 0 Å². The third-order valence-electron chi connectivity index (χ3n) is 12.0. The van der Waals surface area contributed by atoms with E-state index < -0.39 is 84.1 Å². The smallest absolute Gasteiger partial charge is 0.325 e. The Hall–Kier alpha value is -9.54. The number of imidazole rings is 1. The van der Waals surface area contributed by atoms with Gasteiger partial charge in [0.1, 0.15) is 42.3 Å². The summed E-state index contributed by atoms with van der Waals surface area (Å²) in [5.41, 5.74) is 43.2. The minimum atomic E-state index is -1.00. The predicted molar refractivity (Wildman–Crippen MR) is 323 cm³/mol. The molecule has 26 heteroatoms. The molecule has 3 heterocycles. The van der Waals surface area contributed by atoms with Crippen LogP contribution in [0.25, 0.3) is 32.6 Å². The average Bonchev–Trinajstić information content (AvgIpc) is 4.36. The number of benzene rings is 5. The fourth-order valence-corrected chi connectivity index (χ4v) is 7.15. The molecule has 3 aromatic heterocycles. The van der Waals surface area contributed by atoms with Crippen molar-refractivity contribution >= 4 is 80.1 Å². The van der Waals surface area contributed by atoms with Crippen molar-refractivity contribution in [3.63, 3.8) is 0 Å². The molecule has 8 aromatic rings. The van der Waals surface area contributed by atoms with E-state index in [1.54, 1.807) is 13.1 Å². The van der Waals surface area contributed by atoms with Crippen molar-refractivity contribution in [2.75, 3.05) is 11.9 Å². The van der Waals surface area contributed by atoms with Crippen molar-refractivity contribution in [2.45, 2.75) is 101 Å². The van der Waals surface area contributed by atoms with Gasteiger partial charge in [-0.25, -0.2) is 4.98 Å². The summed E-state index contributed by atoms with van der Waals surface area (Å²) in [5, 5.41) is 66.6. The van der Waals surface area contributed by atoms with Crippen LogP contribution in [0.1, 0.15) is 55.5 Å². The first-order valence-electron chi connectivity index (χ1n) is 26.5. The summed E-state index contributed by atoms with van der Waals surface area (Å²) in [5.74, 6) is -6.65. The number of nitrogens with zero attached hydrogens (tertiary/aromatic N) is 1. The number of carboxylic acid groups (broad SMARTS) is 7. The number of aliphatic carboxylic acids is 7. The van der Waals surface area contributed by atoms with E-state index in [-0.39, 0.29) is 6.42 Å². The number of aromatic nitrogens is 4. The van der Waals surface area contributed by atoms with Crippen molar-refractivity contribution in [2.24, 2.45) is 40.1 Å². The van der Waals surface area contributed by atoms with Crippen molar-refractivity contribution in [3.8, 4) is 0 Å². The number of rotatable bonds is 21. The number of carbonyl (C=O) groups is 7. The second-order valence-corrected chi connectivity index (χ2v) is 19.0. The van der Waals surface area contributed by atoms with E-state index in [2.05, 4.69) is 25.3 Å². The second kappa shape index (κ2) is 38.3. The Kier molecular flexibility index (Phi) is 32.2. The number of carboxylic acids is 7. The minimum absolute atomic E-state index is 0.287. The molecule has 25 N–H and O–H groups in total. The highest BCUT2D eigenvalue weighted by molar-refractivity contribution is 5.87. The molecule has 0 aliphatic heterocycles. The normalized spacial score (nSPS) is 12.8. The Morgan fingerprint density at radius 1 is 0.482 bits per heavy atom. The average molecular weight is 1180 g/mol. The number of nitrogens with two attached hydrogens (primary N) is 7. The van der Waals surface area contributed by atoms with Crippen LogP contribution >= 0.6 is 0 Å². The number of aromatic amines is 3. The topological polar surface area (TPSA) is 516 Å². The van der Waals surface area contributed by atoms with Gasteiger partial charge in [0.05, 0.1) is 6.33 Å². The lowest BCUT2D eigenvalue weighted by molar-refractivity contribution is -0.139. The summed E-state index contributed by atoms with van der Waals surface area (Å²) in [6.07, 6.45) is 10.2. The number of fused-ring (bicyclic) bond motifs is 3. The molecular formula is C59H78N12O14. The molecule has 5 aromatic carbocycles. The van der Waals surface area contributed by atoms with Crippen LogP contribution in [0, 0.1) is 0 Å². The summed E-state index contributed by atoms with van der Waals surface area (Å²) >= 11 is 0. The Labute approximate surface area is 489 Å². The molecular weight excluding hydrogens is 1100 g/mol. The number of nitrogens with one attached hydrogen (secondary N) is 4. The highest BCUT2D eigenvalue weighted by Crippen LogP contribution is 2.21. The second-order valence-electron chi connectivity index (χ2n) is 19.0. The van der Waals surface area contributed by atoms with Crippen LogP contribution in [-0.4, -0.2) is 146 Å². The highest BCUT2D eigenvalue weighted by atomic mass is 16.4. The lowest BCUT2D eigenvalue weighted by atomic mass is 10.1. The van der Waals surface area contributed by atoms with Gasteiger partial charge in [0.15, 0.2) is 0 Å². The van der Waals surface area contributed by atoms with Crippen molar-refractivity contribution < 1.29 is 69.3 Å². The molecule has 26 nitrogen and oxygen atoms in total. The molecule has 0 radical (unpaired) electrons. The van der Waals surface area contributed by atoms with Gasteiger partial charge in [-0.2, -0.15) is 0 Å². The van der Waals surface area contributed by atoms with E-state index in [1.165, 1.54) is 13.3 Å². The molecule has 0 amide bonds. The lowest BCUT2D eigenvalue weighted by Crippen LogP contribution is -2.32. The molecule has 0 saturated heterocycles. The van der Waals surface area contributed by atoms with Crippen molar-refractivity contribution in [3.05, 3.63) is 169 Å². The maximum absolute atomic E-state index is 10.7. The van der Waals surface area contributed by atoms with Crippen LogP contribution in [0.15, 0.2) is 146 Å². The molecule has 0 aliphatic carbocycles. The van der Waals surface area contributed by atoms with E-state index >= 15 is 0 Å². The van der Waals surface area contributed by atoms with Crippen LogP contribution in [0.4, 0.5) is 5.69 Å². The van der Waals surface area contributed by atoms with Gasteiger partial charge in [-0.1, -0.05) is 103 Å². The molecule has 85 heavy (non-hydrogen) atoms. The lowest BCUT2D eigenvalue weighted by Gasteiger charge is -2.11. The summed E-state index contributed by atoms with van der Waals surface area (Å²) in [6, 6.07) is 33.3. The van der Waals surface area contributed by atoms with Crippen molar-refractivity contribution in [1.82, 2.24) is 19.9 Å². The van der Waals surface area contributed by atoms with Crippen LogP contribution in [0.2, 0.25) is 0 Å². The number of para-hydroxylation sites is 2. The predicted octanol–water partition coefficient (Wildman–Crippen LogP) is 3.92. The summed E-state index contributed by atoms with van der Waals surface area (Å²) < 4.78 is 0. The molecule has 458 valence electrons. The molecule has 0 bridgehead atoms. The minimum Gasteiger partial charge on any atom is -0.480 e. The first kappa shape index (κ1) is 71.6. The summed E-state index contributed by atoms with van der Waals surface area (Å²) in [6.45, 7) is 3.65. The molecule has 0 fully saturated rings. The number of hydrogen-bond donors (Lipinski definition) is 18. The van der Waals surface area contributed by atoms with Crippen LogP contribution < -0.4 is 45.5 Å². The van der Waals surface area contributed by atoms with Crippen molar-refractivity contribution in [1.29, 1.82) is 0 Å². The molecule has 8 rings (SSSR count). The van der Waals surface area contributed by atoms with E-state index in [1.807, 2.05) is 134 Å². The van der Waals surface area contributed by atoms with Gasteiger partial charge in [-0.3, -0.25) is 33.6 Å². The molecule has 7 atom stereocenters. The zero-order valence-electron chi connectivity index (χ0n) is 47.0. The van der Waals surface area contributed by atoms with Gasteiger partial charge in [-0.15, -0.1) is 0 Å². The Morgan fingerprint density at radius 2 is 0.918 bits per heavy atom. The zero-order chi connectivity index (χ0) is 63.6. The SMILES string of the molecule is CC(N)C(=O)O.CC(Nc1ccc2ccccc2c1)C(=O)O.NC(Cc1c[nH]c2ccccc12)C(=O)O.NC(Cc1c[nH]c2ccccc12)C(=O)O.NC(Cc1ccccc1)C(=O)O.NC(Cc1cnc[nH]1)C(=O)O.NCCCCC(N)C(=O)O. The van der Waals surface area contributed by atoms with E-state index in [4.69, 9.17) is 75.9 Å². The maximum atomic E-state index is 10.7. The van der Waals surface area contributed by atoms with E-state index in [9.17, 15) is 33.6 Å². The van der Waals surface area contributed by atoms with E-state index in [0.29, 0.717) is 32.2 Å². The monoisotopic (exact) mass is 1180 g/mol. The van der Waals surface area contributed by atoms with Crippen LogP contribution in [-0.2, 0) is 59.2 Å². The van der Waals surface area contributed by atoms with Gasteiger partial charge in [0, 0.05) is 71.0 Å². The third-order valence-corrected chi connectivity index (χ3v) is 12.0. The molecule has 0 saturated carbocycles. The largest absolute Gasteiger partial charge is 0.480 e. The first-order chi connectivity index (χ1) is 40.2. The van der Waals surface area contributed by atoms with Crippen LogP contribution in [0.5, 0.6) is 0 Å². The first-order valence-corrected chi connectivity index (χ1v) is 26.5. The number of H-pyrrole nitrogens is 3. The molecule has 0 aliphatic rings. The van der Waals surface area contributed by atoms with Gasteiger partial charge < -0.3 is 96.2 Å². The maximum Gasteiger partial charge on any atom is 0.325 e. The fraction of sp³-hybridized carbons (Fsp3) is 0.288. The quantitative estimate of drug-likeness (QED) is 0.0453.